The van der Waals surface area contributed by atoms with Crippen LogP contribution in [0.5, 0.6) is 0 Å². The molecule has 18 heavy (non-hydrogen) atoms. The van der Waals surface area contributed by atoms with E-state index in [-0.39, 0.29) is 0 Å². The van der Waals surface area contributed by atoms with Crippen LogP contribution in [-0.4, -0.2) is 4.99 Å². The van der Waals surface area contributed by atoms with E-state index >= 15 is 0 Å². The van der Waals surface area contributed by atoms with Crippen LogP contribution >= 0.6 is 39.5 Å². The van der Waals surface area contributed by atoms with E-state index < -0.39 is 0 Å². The fraction of sp³-hybridized carbons (Fsp3) is 0.154. The van der Waals surface area contributed by atoms with Crippen LogP contribution in [0.1, 0.15) is 16.0 Å². The molecule has 0 radical (unpaired) electrons. The number of para-hydroxylation sites is 1. The van der Waals surface area contributed by atoms with Gasteiger partial charge >= 0.3 is 0 Å². The molecule has 1 aromatic carbocycles. The molecule has 0 atom stereocenters. The highest BCUT2D eigenvalue weighted by molar-refractivity contribution is 9.10. The van der Waals surface area contributed by atoms with Gasteiger partial charge in [-0.3, -0.25) is 0 Å². The molecule has 3 N–H and O–H groups in total. The maximum absolute atomic E-state index is 5.75. The number of nitrogens with two attached hydrogens (primary N) is 1. The van der Waals surface area contributed by atoms with Crippen molar-refractivity contribution in [2.75, 3.05) is 5.32 Å². The molecule has 94 valence electrons. The van der Waals surface area contributed by atoms with E-state index in [4.69, 9.17) is 18.0 Å². The monoisotopic (exact) mass is 340 g/mol. The van der Waals surface area contributed by atoms with Crippen molar-refractivity contribution in [1.82, 2.24) is 0 Å². The summed E-state index contributed by atoms with van der Waals surface area (Å²) in [6, 6.07) is 8.01. The number of thiocarbonyl (C=S) groups is 1. The van der Waals surface area contributed by atoms with Gasteiger partial charge in [-0.25, -0.2) is 0 Å². The molecule has 5 heteroatoms. The second kappa shape index (κ2) is 5.82. The zero-order chi connectivity index (χ0) is 13.1. The Hall–Kier alpha value is -0.910. The number of nitrogens with one attached hydrogen (secondary N) is 1. The van der Waals surface area contributed by atoms with Gasteiger partial charge in [-0.2, -0.15) is 0 Å². The fourth-order valence-corrected chi connectivity index (χ4v) is 3.33. The van der Waals surface area contributed by atoms with Gasteiger partial charge in [0.25, 0.3) is 0 Å². The lowest BCUT2D eigenvalue weighted by Crippen LogP contribution is -2.14. The van der Waals surface area contributed by atoms with Gasteiger partial charge in [-0.15, -0.1) is 11.3 Å². The van der Waals surface area contributed by atoms with Gasteiger partial charge in [0.1, 0.15) is 4.99 Å². The van der Waals surface area contributed by atoms with E-state index in [1.54, 1.807) is 11.3 Å². The summed E-state index contributed by atoms with van der Waals surface area (Å²) >= 11 is 10.3. The van der Waals surface area contributed by atoms with Crippen LogP contribution in [-0.2, 0) is 6.54 Å². The molecule has 0 aliphatic heterocycles. The minimum atomic E-state index is 0.423. The standard InChI is InChI=1S/C13H13BrN2S2/c1-8-3-2-4-9(13(15)17)12(8)16-7-11-10(14)5-6-18-11/h2-6,16H,7H2,1H3,(H2,15,17). The van der Waals surface area contributed by atoms with Crippen LogP contribution in [0.2, 0.25) is 0 Å². The smallest absolute Gasteiger partial charge is 0.106 e. The Morgan fingerprint density at radius 1 is 1.44 bits per heavy atom. The first-order chi connectivity index (χ1) is 8.59. The minimum Gasteiger partial charge on any atom is -0.389 e. The number of hydrogen-bond donors (Lipinski definition) is 2. The number of halogens is 1. The molecular weight excluding hydrogens is 328 g/mol. The topological polar surface area (TPSA) is 38.0 Å². The van der Waals surface area contributed by atoms with Gasteiger partial charge in [0.15, 0.2) is 0 Å². The van der Waals surface area contributed by atoms with Gasteiger partial charge in [0, 0.05) is 20.6 Å². The number of benzene rings is 1. The number of thiophene rings is 1. The molecule has 0 bridgehead atoms. The maximum atomic E-state index is 5.75. The SMILES string of the molecule is Cc1cccc(C(N)=S)c1NCc1sccc1Br. The van der Waals surface area contributed by atoms with Gasteiger partial charge in [-0.05, 0) is 45.9 Å². The zero-order valence-corrected chi connectivity index (χ0v) is 13.1. The van der Waals surface area contributed by atoms with Crippen molar-refractivity contribution in [2.24, 2.45) is 5.73 Å². The third-order valence-electron chi connectivity index (χ3n) is 2.66. The van der Waals surface area contributed by atoms with Gasteiger partial charge in [0.2, 0.25) is 0 Å². The first kappa shape index (κ1) is 13.5. The van der Waals surface area contributed by atoms with Crippen molar-refractivity contribution in [3.8, 4) is 0 Å². The highest BCUT2D eigenvalue weighted by Crippen LogP contribution is 2.26. The van der Waals surface area contributed by atoms with E-state index in [0.717, 1.165) is 27.8 Å². The Balaban J connectivity index is 2.24. The second-order valence-corrected chi connectivity index (χ2v) is 6.20. The molecule has 0 aliphatic rings. The Bertz CT molecular complexity index is 578. The quantitative estimate of drug-likeness (QED) is 0.824. The molecule has 2 nitrogen and oxygen atoms in total. The molecule has 2 rings (SSSR count). The first-order valence-corrected chi connectivity index (χ1v) is 7.53. The average Bonchev–Trinajstić information content (AvgIpc) is 2.73. The number of anilines is 1. The summed E-state index contributed by atoms with van der Waals surface area (Å²) in [6.07, 6.45) is 0. The van der Waals surface area contributed by atoms with Crippen LogP contribution in [0, 0.1) is 6.92 Å². The lowest BCUT2D eigenvalue weighted by Gasteiger charge is -2.13. The number of aryl methyl sites for hydroxylation is 1. The molecule has 1 heterocycles. The predicted molar refractivity (Wildman–Crippen MR) is 86.4 cm³/mol. The summed E-state index contributed by atoms with van der Waals surface area (Å²) in [5.41, 5.74) is 8.81. The summed E-state index contributed by atoms with van der Waals surface area (Å²) in [6.45, 7) is 2.81. The van der Waals surface area contributed by atoms with E-state index in [9.17, 15) is 0 Å². The van der Waals surface area contributed by atoms with Gasteiger partial charge in [0.05, 0.1) is 6.54 Å². The second-order valence-electron chi connectivity index (χ2n) is 3.91. The third-order valence-corrected chi connectivity index (χ3v) is 4.80. The summed E-state index contributed by atoms with van der Waals surface area (Å²) in [4.78, 5) is 1.68. The van der Waals surface area contributed by atoms with E-state index in [1.165, 1.54) is 4.88 Å². The Morgan fingerprint density at radius 2 is 2.22 bits per heavy atom. The number of hydrogen-bond acceptors (Lipinski definition) is 3. The summed E-state index contributed by atoms with van der Waals surface area (Å²) in [7, 11) is 0. The molecule has 0 aliphatic carbocycles. The third kappa shape index (κ3) is 2.91. The molecule has 0 saturated carbocycles. The van der Waals surface area contributed by atoms with Crippen molar-refractivity contribution in [3.05, 3.63) is 50.1 Å². The normalized spacial score (nSPS) is 10.3. The summed E-state index contributed by atoms with van der Waals surface area (Å²) < 4.78 is 1.13. The van der Waals surface area contributed by atoms with Crippen LogP contribution in [0.4, 0.5) is 5.69 Å². The largest absolute Gasteiger partial charge is 0.389 e. The van der Waals surface area contributed by atoms with Gasteiger partial charge < -0.3 is 11.1 Å². The van der Waals surface area contributed by atoms with Crippen molar-refractivity contribution in [2.45, 2.75) is 13.5 Å². The Kier molecular flexibility index (Phi) is 4.37. The van der Waals surface area contributed by atoms with Crippen molar-refractivity contribution < 1.29 is 0 Å². The van der Waals surface area contributed by atoms with E-state index in [0.29, 0.717) is 4.99 Å². The zero-order valence-electron chi connectivity index (χ0n) is 9.87. The van der Waals surface area contributed by atoms with Gasteiger partial charge in [-0.1, -0.05) is 24.4 Å². The highest BCUT2D eigenvalue weighted by atomic mass is 79.9. The molecule has 0 saturated heterocycles. The maximum Gasteiger partial charge on any atom is 0.106 e. The first-order valence-electron chi connectivity index (χ1n) is 5.44. The van der Waals surface area contributed by atoms with Crippen LogP contribution in [0.15, 0.2) is 34.1 Å². The number of rotatable bonds is 4. The van der Waals surface area contributed by atoms with Crippen LogP contribution < -0.4 is 11.1 Å². The lowest BCUT2D eigenvalue weighted by molar-refractivity contribution is 1.17. The molecule has 0 amide bonds. The molecule has 1 aromatic heterocycles. The molecule has 0 spiro atoms. The summed E-state index contributed by atoms with van der Waals surface area (Å²) in [5.74, 6) is 0. The molecular formula is C13H13BrN2S2. The van der Waals surface area contributed by atoms with E-state index in [2.05, 4.69) is 26.6 Å². The fourth-order valence-electron chi connectivity index (χ4n) is 1.73. The highest BCUT2D eigenvalue weighted by Gasteiger charge is 2.08. The van der Waals surface area contributed by atoms with Crippen molar-refractivity contribution in [3.63, 3.8) is 0 Å². The Morgan fingerprint density at radius 3 is 2.83 bits per heavy atom. The summed E-state index contributed by atoms with van der Waals surface area (Å²) in [5, 5.41) is 5.48. The van der Waals surface area contributed by atoms with Crippen molar-refractivity contribution in [1.29, 1.82) is 0 Å². The minimum absolute atomic E-state index is 0.423. The van der Waals surface area contributed by atoms with Crippen LogP contribution in [0.3, 0.4) is 0 Å². The van der Waals surface area contributed by atoms with Crippen LogP contribution in [0.25, 0.3) is 0 Å². The predicted octanol–water partition coefficient (Wildman–Crippen LogP) is 4.07. The average molecular weight is 341 g/mol. The molecule has 0 fully saturated rings. The van der Waals surface area contributed by atoms with Crippen molar-refractivity contribution >= 4 is 50.2 Å². The lowest BCUT2D eigenvalue weighted by atomic mass is 10.1. The van der Waals surface area contributed by atoms with E-state index in [1.807, 2.05) is 31.2 Å². The Labute approximate surface area is 124 Å². The molecule has 0 unspecified atom stereocenters. The molecule has 2 aromatic rings.